The Hall–Kier alpha value is -0.123. The first-order chi connectivity index (χ1) is 4.88. The quantitative estimate of drug-likeness (QED) is 0.294. The van der Waals surface area contributed by atoms with Gasteiger partial charge in [0, 0.05) is 0 Å². The van der Waals surface area contributed by atoms with Gasteiger partial charge in [-0.25, -0.2) is 0 Å². The molecule has 2 aliphatic carbocycles. The average molecular weight is 142 g/mol. The maximum Gasteiger partial charge on any atom is 1.00 e. The van der Waals surface area contributed by atoms with Gasteiger partial charge in [-0.1, -0.05) is 17.7 Å². The molecule has 0 aromatic heterocycles. The predicted octanol–water partition coefficient (Wildman–Crippen LogP) is -1.64. The number of rotatable bonds is 0. The Labute approximate surface area is 79.4 Å². The second kappa shape index (κ2) is 3.52. The van der Waals surface area contributed by atoms with Crippen LogP contribution in [0.1, 0.15) is 25.7 Å². The van der Waals surface area contributed by atoms with Gasteiger partial charge in [0.15, 0.2) is 0 Å². The third kappa shape index (κ3) is 1.55. The molecule has 0 aromatic rings. The van der Waals surface area contributed by atoms with Crippen LogP contribution in [0.5, 0.6) is 0 Å². The molecule has 1 nitrogen and oxygen atoms in total. The summed E-state index contributed by atoms with van der Waals surface area (Å²) >= 11 is 0. The molecule has 0 unspecified atom stereocenters. The maximum absolute atomic E-state index is 11.1. The molecule has 0 fully saturated rings. The summed E-state index contributed by atoms with van der Waals surface area (Å²) in [4.78, 5) is 0. The van der Waals surface area contributed by atoms with Crippen LogP contribution in [0, 0.1) is 5.92 Å². The van der Waals surface area contributed by atoms with E-state index in [0.29, 0.717) is 11.7 Å². The fraction of sp³-hybridized carbons (Fsp3) is 0.556. The fourth-order valence-corrected chi connectivity index (χ4v) is 1.88. The first kappa shape index (κ1) is 8.97. The second-order valence-corrected chi connectivity index (χ2v) is 3.10. The first-order valence-corrected chi connectivity index (χ1v) is 3.92. The van der Waals surface area contributed by atoms with Crippen molar-refractivity contribution in [3.63, 3.8) is 0 Å². The van der Waals surface area contributed by atoms with Crippen molar-refractivity contribution in [1.29, 1.82) is 0 Å². The zero-order chi connectivity index (χ0) is 6.97. The normalized spacial score (nSPS) is 28.2. The van der Waals surface area contributed by atoms with E-state index < -0.39 is 0 Å². The van der Waals surface area contributed by atoms with Crippen molar-refractivity contribution in [2.75, 3.05) is 0 Å². The van der Waals surface area contributed by atoms with Gasteiger partial charge in [0.1, 0.15) is 0 Å². The molecule has 11 heavy (non-hydrogen) atoms. The SMILES string of the molecule is [Li+].[O-]C1=C2CC=CC[C@@H]2CC1. The van der Waals surface area contributed by atoms with Crippen LogP contribution in [0.25, 0.3) is 0 Å². The van der Waals surface area contributed by atoms with Crippen LogP contribution in [-0.2, 0) is 0 Å². The van der Waals surface area contributed by atoms with Gasteiger partial charge in [-0.05, 0) is 31.6 Å². The molecule has 0 aromatic carbocycles. The summed E-state index contributed by atoms with van der Waals surface area (Å²) in [5, 5.41) is 11.1. The van der Waals surface area contributed by atoms with Gasteiger partial charge in [-0.15, -0.1) is 5.76 Å². The number of allylic oxidation sites excluding steroid dienone is 4. The van der Waals surface area contributed by atoms with E-state index in [2.05, 4.69) is 12.2 Å². The Kier molecular flexibility index (Phi) is 2.87. The Morgan fingerprint density at radius 1 is 1.36 bits per heavy atom. The molecular formula is C9H11LiO. The fourth-order valence-electron chi connectivity index (χ4n) is 1.88. The van der Waals surface area contributed by atoms with Crippen LogP contribution >= 0.6 is 0 Å². The summed E-state index contributed by atoms with van der Waals surface area (Å²) in [5.74, 6) is 1.05. The average Bonchev–Trinajstić information content (AvgIpc) is 2.34. The smallest absolute Gasteiger partial charge is 0.875 e. The van der Waals surface area contributed by atoms with Crippen molar-refractivity contribution in [2.45, 2.75) is 25.7 Å². The number of hydrogen-bond acceptors (Lipinski definition) is 1. The monoisotopic (exact) mass is 142 g/mol. The second-order valence-electron chi connectivity index (χ2n) is 3.10. The standard InChI is InChI=1S/C9H12O.Li/c10-9-6-5-7-3-1-2-4-8(7)9;/h1-2,7,10H,3-6H2;/q;+1/p-1/t7-;/m1./s1. The van der Waals surface area contributed by atoms with Crippen molar-refractivity contribution in [2.24, 2.45) is 5.92 Å². The Morgan fingerprint density at radius 3 is 2.91 bits per heavy atom. The molecule has 54 valence electrons. The molecule has 0 bridgehead atoms. The van der Waals surface area contributed by atoms with E-state index in [0.717, 1.165) is 25.7 Å². The molecule has 1 atom stereocenters. The Morgan fingerprint density at radius 2 is 2.18 bits per heavy atom. The summed E-state index contributed by atoms with van der Waals surface area (Å²) < 4.78 is 0. The van der Waals surface area contributed by atoms with Crippen molar-refractivity contribution in [3.8, 4) is 0 Å². The van der Waals surface area contributed by atoms with E-state index in [4.69, 9.17) is 0 Å². The molecular weight excluding hydrogens is 131 g/mol. The van der Waals surface area contributed by atoms with Crippen molar-refractivity contribution < 1.29 is 24.0 Å². The summed E-state index contributed by atoms with van der Waals surface area (Å²) in [6.07, 6.45) is 8.28. The molecule has 0 saturated heterocycles. The molecule has 0 radical (unpaired) electrons. The zero-order valence-electron chi connectivity index (χ0n) is 6.97. The van der Waals surface area contributed by atoms with Crippen LogP contribution in [0.2, 0.25) is 0 Å². The molecule has 2 rings (SSSR count). The molecule has 0 saturated carbocycles. The van der Waals surface area contributed by atoms with E-state index in [9.17, 15) is 5.11 Å². The summed E-state index contributed by atoms with van der Waals surface area (Å²) in [6.45, 7) is 0. The molecule has 0 heterocycles. The van der Waals surface area contributed by atoms with Gasteiger partial charge < -0.3 is 5.11 Å². The Bertz CT molecular complexity index is 206. The maximum atomic E-state index is 11.1. The molecule has 0 aliphatic heterocycles. The van der Waals surface area contributed by atoms with Gasteiger partial charge in [-0.2, -0.15) is 0 Å². The predicted molar refractivity (Wildman–Crippen MR) is 38.1 cm³/mol. The van der Waals surface area contributed by atoms with Crippen LogP contribution in [0.3, 0.4) is 0 Å². The summed E-state index contributed by atoms with van der Waals surface area (Å²) in [5.41, 5.74) is 1.20. The van der Waals surface area contributed by atoms with Crippen LogP contribution in [-0.4, -0.2) is 0 Å². The van der Waals surface area contributed by atoms with Gasteiger partial charge in [-0.3, -0.25) is 0 Å². The summed E-state index contributed by atoms with van der Waals surface area (Å²) in [7, 11) is 0. The van der Waals surface area contributed by atoms with Crippen LogP contribution in [0.15, 0.2) is 23.5 Å². The largest absolute Gasteiger partial charge is 1.00 e. The van der Waals surface area contributed by atoms with E-state index in [1.807, 2.05) is 0 Å². The number of hydrogen-bond donors (Lipinski definition) is 0. The molecule has 0 N–H and O–H groups in total. The van der Waals surface area contributed by atoms with Gasteiger partial charge in [0.2, 0.25) is 0 Å². The molecule has 0 spiro atoms. The van der Waals surface area contributed by atoms with E-state index >= 15 is 0 Å². The molecule has 0 amide bonds. The van der Waals surface area contributed by atoms with Crippen molar-refractivity contribution >= 4 is 0 Å². The minimum absolute atomic E-state index is 0. The number of fused-ring (bicyclic) bond motifs is 1. The van der Waals surface area contributed by atoms with Crippen molar-refractivity contribution in [1.82, 2.24) is 0 Å². The van der Waals surface area contributed by atoms with Crippen LogP contribution < -0.4 is 24.0 Å². The first-order valence-electron chi connectivity index (χ1n) is 3.92. The van der Waals surface area contributed by atoms with E-state index in [-0.39, 0.29) is 18.9 Å². The third-order valence-corrected chi connectivity index (χ3v) is 2.50. The summed E-state index contributed by atoms with van der Waals surface area (Å²) in [6, 6.07) is 0. The Balaban J connectivity index is 0.000000605. The minimum atomic E-state index is 0. The zero-order valence-corrected chi connectivity index (χ0v) is 6.97. The van der Waals surface area contributed by atoms with Gasteiger partial charge in [0.25, 0.3) is 0 Å². The van der Waals surface area contributed by atoms with Crippen molar-refractivity contribution in [3.05, 3.63) is 23.5 Å². The van der Waals surface area contributed by atoms with Crippen LogP contribution in [0.4, 0.5) is 0 Å². The molecule has 2 heteroatoms. The van der Waals surface area contributed by atoms with Gasteiger partial charge in [0.05, 0.1) is 0 Å². The van der Waals surface area contributed by atoms with E-state index in [1.54, 1.807) is 0 Å². The van der Waals surface area contributed by atoms with E-state index in [1.165, 1.54) is 5.57 Å². The third-order valence-electron chi connectivity index (χ3n) is 2.50. The topological polar surface area (TPSA) is 23.1 Å². The molecule has 2 aliphatic rings. The minimum Gasteiger partial charge on any atom is -0.875 e. The van der Waals surface area contributed by atoms with Gasteiger partial charge >= 0.3 is 18.9 Å².